The molecule has 0 bridgehead atoms. The van der Waals surface area contributed by atoms with E-state index in [0.717, 1.165) is 5.56 Å². The minimum absolute atomic E-state index is 0.00443. The Bertz CT molecular complexity index is 920. The molecule has 0 aromatic heterocycles. The summed E-state index contributed by atoms with van der Waals surface area (Å²) in [5.41, 5.74) is 0.673. The van der Waals surface area contributed by atoms with Gasteiger partial charge in [0.15, 0.2) is 0 Å². The summed E-state index contributed by atoms with van der Waals surface area (Å²) in [6.07, 6.45) is 1.23. The van der Waals surface area contributed by atoms with Gasteiger partial charge in [-0.2, -0.15) is 4.31 Å². The van der Waals surface area contributed by atoms with Gasteiger partial charge in [0.05, 0.1) is 16.4 Å². The average Bonchev–Trinajstić information content (AvgIpc) is 3.22. The molecule has 3 aliphatic heterocycles. The molecule has 0 saturated carbocycles. The molecule has 4 rings (SSSR count). The van der Waals surface area contributed by atoms with Crippen LogP contribution in [-0.2, 0) is 19.6 Å². The zero-order chi connectivity index (χ0) is 21.0. The van der Waals surface area contributed by atoms with Gasteiger partial charge in [-0.1, -0.05) is 17.7 Å². The molecule has 2 atom stereocenters. The first-order valence-corrected chi connectivity index (χ1v) is 11.8. The van der Waals surface area contributed by atoms with Gasteiger partial charge in [-0.15, -0.1) is 0 Å². The highest BCUT2D eigenvalue weighted by molar-refractivity contribution is 7.89. The molecule has 0 unspecified atom stereocenters. The number of amides is 2. The average molecular weight is 420 g/mol. The minimum atomic E-state index is -3.54. The summed E-state index contributed by atoms with van der Waals surface area (Å²) < 4.78 is 27.7. The normalized spacial score (nSPS) is 26.9. The van der Waals surface area contributed by atoms with Gasteiger partial charge in [0.2, 0.25) is 21.8 Å². The van der Waals surface area contributed by atoms with E-state index in [4.69, 9.17) is 0 Å². The Morgan fingerprint density at radius 3 is 2.31 bits per heavy atom. The van der Waals surface area contributed by atoms with Crippen LogP contribution in [0.1, 0.15) is 32.3 Å². The van der Waals surface area contributed by atoms with Crippen molar-refractivity contribution >= 4 is 21.8 Å². The number of likely N-dealkylation sites (tertiary alicyclic amines) is 2. The molecule has 8 heteroatoms. The molecule has 1 aromatic carbocycles. The topological polar surface area (TPSA) is 78.0 Å². The Labute approximate surface area is 172 Å². The van der Waals surface area contributed by atoms with Crippen LogP contribution in [0.5, 0.6) is 0 Å². The highest BCUT2D eigenvalue weighted by atomic mass is 32.2. The lowest BCUT2D eigenvalue weighted by atomic mass is 9.75. The number of benzene rings is 1. The van der Waals surface area contributed by atoms with Crippen LogP contribution in [0, 0.1) is 18.8 Å². The summed E-state index contributed by atoms with van der Waals surface area (Å²) in [5, 5.41) is 0. The number of carbonyl (C=O) groups excluding carboxylic acids is 2. The van der Waals surface area contributed by atoms with Gasteiger partial charge in [0.1, 0.15) is 0 Å². The summed E-state index contributed by atoms with van der Waals surface area (Å²) >= 11 is 0. The number of piperidine rings is 1. The smallest absolute Gasteiger partial charge is 0.243 e. The molecule has 29 heavy (non-hydrogen) atoms. The predicted octanol–water partition coefficient (Wildman–Crippen LogP) is 1.47. The fourth-order valence-corrected chi connectivity index (χ4v) is 7.00. The predicted molar refractivity (Wildman–Crippen MR) is 109 cm³/mol. The number of aryl methyl sites for hydroxylation is 1. The largest absolute Gasteiger partial charge is 0.342 e. The van der Waals surface area contributed by atoms with Crippen LogP contribution in [0.25, 0.3) is 0 Å². The second-order valence-corrected chi connectivity index (χ2v) is 10.5. The standard InChI is InChI=1S/C21H29N3O4S/c1-4-24-20(26)18-13-22(16(3)25)14-19(18)21(24)9-11-23(12-10-21)29(27,28)17-7-5-15(2)6-8-17/h5-8,18-19H,4,9-14H2,1-3H3/t18-,19+/m0/s1. The van der Waals surface area contributed by atoms with E-state index < -0.39 is 10.0 Å². The summed E-state index contributed by atoms with van der Waals surface area (Å²) in [4.78, 5) is 29.0. The highest BCUT2D eigenvalue weighted by Gasteiger charge is 2.61. The van der Waals surface area contributed by atoms with E-state index >= 15 is 0 Å². The van der Waals surface area contributed by atoms with Crippen molar-refractivity contribution in [3.63, 3.8) is 0 Å². The fraction of sp³-hybridized carbons (Fsp3) is 0.619. The molecule has 3 saturated heterocycles. The van der Waals surface area contributed by atoms with E-state index in [9.17, 15) is 18.0 Å². The van der Waals surface area contributed by atoms with Crippen molar-refractivity contribution in [2.75, 3.05) is 32.7 Å². The number of nitrogens with zero attached hydrogens (tertiary/aromatic N) is 3. The zero-order valence-corrected chi connectivity index (χ0v) is 18.1. The Morgan fingerprint density at radius 1 is 1.14 bits per heavy atom. The lowest BCUT2D eigenvalue weighted by molar-refractivity contribution is -0.136. The summed E-state index contributed by atoms with van der Waals surface area (Å²) in [6, 6.07) is 6.94. The van der Waals surface area contributed by atoms with Gasteiger partial charge in [0.25, 0.3) is 0 Å². The van der Waals surface area contributed by atoms with Gasteiger partial charge >= 0.3 is 0 Å². The molecule has 158 valence electrons. The number of hydrogen-bond donors (Lipinski definition) is 0. The number of carbonyl (C=O) groups is 2. The van der Waals surface area contributed by atoms with Crippen molar-refractivity contribution in [1.82, 2.24) is 14.1 Å². The third-order valence-electron chi connectivity index (χ3n) is 7.14. The highest BCUT2D eigenvalue weighted by Crippen LogP contribution is 2.50. The van der Waals surface area contributed by atoms with Crippen LogP contribution in [0.3, 0.4) is 0 Å². The number of fused-ring (bicyclic) bond motifs is 2. The quantitative estimate of drug-likeness (QED) is 0.743. The van der Waals surface area contributed by atoms with Crippen LogP contribution < -0.4 is 0 Å². The lowest BCUT2D eigenvalue weighted by Crippen LogP contribution is -2.57. The van der Waals surface area contributed by atoms with Gasteiger partial charge in [-0.3, -0.25) is 9.59 Å². The molecule has 0 aliphatic carbocycles. The van der Waals surface area contributed by atoms with Crippen LogP contribution in [0.2, 0.25) is 0 Å². The molecule has 0 N–H and O–H groups in total. The van der Waals surface area contributed by atoms with Crippen molar-refractivity contribution in [1.29, 1.82) is 0 Å². The van der Waals surface area contributed by atoms with E-state index in [1.165, 1.54) is 0 Å². The van der Waals surface area contributed by atoms with E-state index in [2.05, 4.69) is 0 Å². The maximum absolute atomic E-state index is 13.1. The number of hydrogen-bond acceptors (Lipinski definition) is 4. The van der Waals surface area contributed by atoms with Crippen LogP contribution >= 0.6 is 0 Å². The first kappa shape index (κ1) is 20.3. The molecular formula is C21H29N3O4S. The monoisotopic (exact) mass is 419 g/mol. The number of sulfonamides is 1. The Morgan fingerprint density at radius 2 is 1.76 bits per heavy atom. The zero-order valence-electron chi connectivity index (χ0n) is 17.3. The first-order chi connectivity index (χ1) is 13.7. The number of rotatable bonds is 3. The molecule has 7 nitrogen and oxygen atoms in total. The van der Waals surface area contributed by atoms with E-state index in [1.807, 2.05) is 30.9 Å². The maximum atomic E-state index is 13.1. The molecule has 2 amide bonds. The molecule has 1 spiro atoms. The molecule has 0 radical (unpaired) electrons. The van der Waals surface area contributed by atoms with Gasteiger partial charge < -0.3 is 9.80 Å². The van der Waals surface area contributed by atoms with Crippen LogP contribution in [-0.4, -0.2) is 72.6 Å². The van der Waals surface area contributed by atoms with E-state index in [-0.39, 0.29) is 29.2 Å². The summed E-state index contributed by atoms with van der Waals surface area (Å²) in [5.74, 6) is 0.0584. The van der Waals surface area contributed by atoms with Gasteiger partial charge in [-0.05, 0) is 38.8 Å². The Hall–Kier alpha value is -1.93. The molecule has 3 fully saturated rings. The third-order valence-corrected chi connectivity index (χ3v) is 9.05. The van der Waals surface area contributed by atoms with E-state index in [1.54, 1.807) is 28.3 Å². The Balaban J connectivity index is 1.57. The summed E-state index contributed by atoms with van der Waals surface area (Å²) in [6.45, 7) is 7.95. The maximum Gasteiger partial charge on any atom is 0.243 e. The second-order valence-electron chi connectivity index (χ2n) is 8.54. The van der Waals surface area contributed by atoms with Crippen molar-refractivity contribution < 1.29 is 18.0 Å². The van der Waals surface area contributed by atoms with Crippen LogP contribution in [0.15, 0.2) is 29.2 Å². The fourth-order valence-electron chi connectivity index (χ4n) is 5.56. The van der Waals surface area contributed by atoms with E-state index in [0.29, 0.717) is 50.5 Å². The van der Waals surface area contributed by atoms with Crippen molar-refractivity contribution in [2.45, 2.75) is 44.0 Å². The van der Waals surface area contributed by atoms with Gasteiger partial charge in [-0.25, -0.2) is 8.42 Å². The lowest BCUT2D eigenvalue weighted by Gasteiger charge is -2.47. The van der Waals surface area contributed by atoms with Crippen LogP contribution in [0.4, 0.5) is 0 Å². The van der Waals surface area contributed by atoms with Crippen molar-refractivity contribution in [2.24, 2.45) is 11.8 Å². The minimum Gasteiger partial charge on any atom is -0.342 e. The molecular weight excluding hydrogens is 390 g/mol. The Kier molecular flexibility index (Phi) is 4.98. The van der Waals surface area contributed by atoms with Gasteiger partial charge in [0, 0.05) is 45.6 Å². The molecule has 3 aliphatic rings. The molecule has 1 aromatic rings. The third kappa shape index (κ3) is 3.08. The first-order valence-electron chi connectivity index (χ1n) is 10.3. The van der Waals surface area contributed by atoms with Crippen molar-refractivity contribution in [3.05, 3.63) is 29.8 Å². The second kappa shape index (κ2) is 7.09. The van der Waals surface area contributed by atoms with Crippen molar-refractivity contribution in [3.8, 4) is 0 Å². The molecule has 3 heterocycles. The summed E-state index contributed by atoms with van der Waals surface area (Å²) in [7, 11) is -3.54. The SMILES string of the molecule is CCN1C(=O)[C@H]2CN(C(C)=O)C[C@H]2C12CCN(S(=O)(=O)c1ccc(C)cc1)CC2.